The molecule has 2 heterocycles. The Kier molecular flexibility index (Phi) is 4.01. The van der Waals surface area contributed by atoms with Gasteiger partial charge in [0.25, 0.3) is 5.91 Å². The van der Waals surface area contributed by atoms with Gasteiger partial charge in [0.2, 0.25) is 0 Å². The Morgan fingerprint density at radius 1 is 1.56 bits per heavy atom. The van der Waals surface area contributed by atoms with Crippen LogP contribution in [-0.4, -0.2) is 58.6 Å². The number of H-pyrrole nitrogens is 1. The van der Waals surface area contributed by atoms with Crippen molar-refractivity contribution < 1.29 is 4.79 Å². The first-order valence-electron chi connectivity index (χ1n) is 6.63. The molecule has 1 fully saturated rings. The van der Waals surface area contributed by atoms with Gasteiger partial charge in [-0.05, 0) is 33.4 Å². The van der Waals surface area contributed by atoms with E-state index in [0.29, 0.717) is 11.6 Å². The molecule has 0 spiro atoms. The number of hydrogen-bond acceptors (Lipinski definition) is 3. The Balaban J connectivity index is 2.19. The first-order valence-corrected chi connectivity index (χ1v) is 6.63. The topological polar surface area (TPSA) is 52.2 Å². The van der Waals surface area contributed by atoms with Crippen LogP contribution in [0.5, 0.6) is 0 Å². The Labute approximate surface area is 108 Å². The molecule has 0 aliphatic carbocycles. The van der Waals surface area contributed by atoms with Crippen molar-refractivity contribution in [3.63, 3.8) is 0 Å². The van der Waals surface area contributed by atoms with Gasteiger partial charge in [0, 0.05) is 24.8 Å². The first kappa shape index (κ1) is 13.1. The van der Waals surface area contributed by atoms with Crippen LogP contribution in [0.1, 0.15) is 35.8 Å². The van der Waals surface area contributed by atoms with Crippen LogP contribution in [-0.2, 0) is 0 Å². The summed E-state index contributed by atoms with van der Waals surface area (Å²) < 4.78 is 0. The van der Waals surface area contributed by atoms with E-state index < -0.39 is 0 Å². The molecule has 0 saturated carbocycles. The lowest BCUT2D eigenvalue weighted by Crippen LogP contribution is -2.43. The molecule has 0 radical (unpaired) electrons. The summed E-state index contributed by atoms with van der Waals surface area (Å²) in [6.45, 7) is 6.90. The first-order chi connectivity index (χ1) is 8.63. The third-order valence-electron chi connectivity index (χ3n) is 3.69. The van der Waals surface area contributed by atoms with E-state index >= 15 is 0 Å². The molecule has 1 aliphatic heterocycles. The maximum absolute atomic E-state index is 12.6. The van der Waals surface area contributed by atoms with Crippen molar-refractivity contribution in [3.05, 3.63) is 17.5 Å². The normalized spacial score (nSPS) is 21.9. The van der Waals surface area contributed by atoms with Gasteiger partial charge in [-0.2, -0.15) is 5.10 Å². The third kappa shape index (κ3) is 2.56. The fourth-order valence-electron chi connectivity index (χ4n) is 2.58. The van der Waals surface area contributed by atoms with Gasteiger partial charge >= 0.3 is 0 Å². The molecule has 1 amide bonds. The van der Waals surface area contributed by atoms with Crippen LogP contribution >= 0.6 is 0 Å². The molecule has 0 aromatic carbocycles. The summed E-state index contributed by atoms with van der Waals surface area (Å²) in [6, 6.07) is 0.305. The minimum absolute atomic E-state index is 0.114. The molecule has 100 valence electrons. The fraction of sp³-hybridized carbons (Fsp3) is 0.692. The summed E-state index contributed by atoms with van der Waals surface area (Å²) in [4.78, 5) is 16.9. The zero-order valence-electron chi connectivity index (χ0n) is 11.4. The number of likely N-dealkylation sites (N-methyl/N-ethyl adjacent to an activating group) is 1. The zero-order chi connectivity index (χ0) is 13.1. The highest BCUT2D eigenvalue weighted by atomic mass is 16.2. The van der Waals surface area contributed by atoms with Crippen molar-refractivity contribution in [2.45, 2.75) is 32.7 Å². The van der Waals surface area contributed by atoms with E-state index in [0.717, 1.165) is 38.2 Å². The number of amides is 1. The number of carbonyl (C=O) groups excluding carboxylic acids is 1. The second kappa shape index (κ2) is 5.52. The number of carbonyl (C=O) groups is 1. The summed E-state index contributed by atoms with van der Waals surface area (Å²) in [7, 11) is 2.12. The molecule has 1 aliphatic rings. The molecular weight excluding hydrogens is 228 g/mol. The van der Waals surface area contributed by atoms with E-state index in [1.165, 1.54) is 0 Å². The van der Waals surface area contributed by atoms with Gasteiger partial charge in [-0.1, -0.05) is 6.92 Å². The summed E-state index contributed by atoms with van der Waals surface area (Å²) >= 11 is 0. The van der Waals surface area contributed by atoms with Crippen molar-refractivity contribution in [1.29, 1.82) is 0 Å². The van der Waals surface area contributed by atoms with E-state index in [4.69, 9.17) is 0 Å². The minimum Gasteiger partial charge on any atom is -0.334 e. The van der Waals surface area contributed by atoms with E-state index in [1.54, 1.807) is 6.20 Å². The monoisotopic (exact) mass is 250 g/mol. The van der Waals surface area contributed by atoms with E-state index in [2.05, 4.69) is 29.1 Å². The van der Waals surface area contributed by atoms with E-state index in [-0.39, 0.29) is 5.91 Å². The highest BCUT2D eigenvalue weighted by Crippen LogP contribution is 2.16. The largest absolute Gasteiger partial charge is 0.334 e. The van der Waals surface area contributed by atoms with E-state index in [9.17, 15) is 4.79 Å². The van der Waals surface area contributed by atoms with E-state index in [1.807, 2.05) is 11.8 Å². The van der Waals surface area contributed by atoms with Crippen LogP contribution in [0.3, 0.4) is 0 Å². The number of aromatic amines is 1. The highest BCUT2D eigenvalue weighted by Gasteiger charge is 2.28. The standard InChI is InChI=1S/C13H22N4O/c1-4-11-9-16(3)6-5-7-17(11)13(18)12-8-14-15-10(12)2/h8,11H,4-7,9H2,1-3H3,(H,14,15). The maximum Gasteiger partial charge on any atom is 0.257 e. The highest BCUT2D eigenvalue weighted by molar-refractivity contribution is 5.95. The minimum atomic E-state index is 0.114. The lowest BCUT2D eigenvalue weighted by atomic mass is 10.1. The van der Waals surface area contributed by atoms with Gasteiger partial charge in [-0.25, -0.2) is 0 Å². The molecule has 1 atom stereocenters. The molecular formula is C13H22N4O. The average Bonchev–Trinajstić information content (AvgIpc) is 2.68. The molecule has 1 aromatic heterocycles. The van der Waals surface area contributed by atoms with Crippen LogP contribution < -0.4 is 0 Å². The molecule has 18 heavy (non-hydrogen) atoms. The van der Waals surface area contributed by atoms with Gasteiger partial charge in [0.15, 0.2) is 0 Å². The molecule has 5 nitrogen and oxygen atoms in total. The summed E-state index contributed by atoms with van der Waals surface area (Å²) in [6.07, 6.45) is 3.67. The Bertz CT molecular complexity index is 415. The van der Waals surface area contributed by atoms with Gasteiger partial charge in [-0.3, -0.25) is 9.89 Å². The molecule has 0 bridgehead atoms. The molecule has 5 heteroatoms. The van der Waals surface area contributed by atoms with Crippen molar-refractivity contribution in [1.82, 2.24) is 20.0 Å². The van der Waals surface area contributed by atoms with Crippen molar-refractivity contribution in [3.8, 4) is 0 Å². The predicted molar refractivity (Wildman–Crippen MR) is 70.6 cm³/mol. The zero-order valence-corrected chi connectivity index (χ0v) is 11.4. The summed E-state index contributed by atoms with van der Waals surface area (Å²) in [5, 5.41) is 6.78. The van der Waals surface area contributed by atoms with Crippen LogP contribution in [0.4, 0.5) is 0 Å². The Morgan fingerprint density at radius 2 is 2.33 bits per heavy atom. The van der Waals surface area contributed by atoms with Gasteiger partial charge in [-0.15, -0.1) is 0 Å². The maximum atomic E-state index is 12.6. The van der Waals surface area contributed by atoms with Gasteiger partial charge < -0.3 is 9.80 Å². The lowest BCUT2D eigenvalue weighted by Gasteiger charge is -2.30. The smallest absolute Gasteiger partial charge is 0.257 e. The van der Waals surface area contributed by atoms with Crippen LogP contribution in [0.25, 0.3) is 0 Å². The quantitative estimate of drug-likeness (QED) is 0.860. The van der Waals surface area contributed by atoms with Gasteiger partial charge in [0.05, 0.1) is 11.8 Å². The van der Waals surface area contributed by atoms with Crippen LogP contribution in [0.2, 0.25) is 0 Å². The van der Waals surface area contributed by atoms with Crippen molar-refractivity contribution in [2.75, 3.05) is 26.7 Å². The lowest BCUT2D eigenvalue weighted by molar-refractivity contribution is 0.0675. The SMILES string of the molecule is CCC1CN(C)CCCN1C(=O)c1cn[nH]c1C. The Hall–Kier alpha value is -1.36. The summed E-state index contributed by atoms with van der Waals surface area (Å²) in [5.41, 5.74) is 1.56. The van der Waals surface area contributed by atoms with Gasteiger partial charge in [0.1, 0.15) is 0 Å². The molecule has 1 saturated heterocycles. The van der Waals surface area contributed by atoms with Crippen molar-refractivity contribution in [2.24, 2.45) is 0 Å². The average molecular weight is 250 g/mol. The molecule has 1 unspecified atom stereocenters. The second-order valence-corrected chi connectivity index (χ2v) is 5.09. The van der Waals surface area contributed by atoms with Crippen LogP contribution in [0.15, 0.2) is 6.20 Å². The number of nitrogens with zero attached hydrogens (tertiary/aromatic N) is 3. The molecule has 1 N–H and O–H groups in total. The third-order valence-corrected chi connectivity index (χ3v) is 3.69. The fourth-order valence-corrected chi connectivity index (χ4v) is 2.58. The number of aromatic nitrogens is 2. The Morgan fingerprint density at radius 3 is 2.94 bits per heavy atom. The number of rotatable bonds is 2. The predicted octanol–water partition coefficient (Wildman–Crippen LogP) is 1.27. The molecule has 1 aromatic rings. The van der Waals surface area contributed by atoms with Crippen LogP contribution in [0, 0.1) is 6.92 Å². The number of hydrogen-bond donors (Lipinski definition) is 1. The molecule has 2 rings (SSSR count). The summed E-state index contributed by atoms with van der Waals surface area (Å²) in [5.74, 6) is 0.114. The second-order valence-electron chi connectivity index (χ2n) is 5.09. The number of aryl methyl sites for hydroxylation is 1. The van der Waals surface area contributed by atoms with Crippen molar-refractivity contribution >= 4 is 5.91 Å². The number of nitrogens with one attached hydrogen (secondary N) is 1.